The van der Waals surface area contributed by atoms with E-state index < -0.39 is 18.0 Å². The first kappa shape index (κ1) is 68.4. The summed E-state index contributed by atoms with van der Waals surface area (Å²) >= 11 is 0. The van der Waals surface area contributed by atoms with E-state index in [0.717, 1.165) is 51.4 Å². The van der Waals surface area contributed by atoms with Crippen LogP contribution in [-0.4, -0.2) is 37.1 Å². The van der Waals surface area contributed by atoms with Crippen molar-refractivity contribution in [3.8, 4) is 0 Å². The Kier molecular flexibility index (Phi) is 58.6. The molecule has 0 aromatic carbocycles. The second-order valence-corrected chi connectivity index (χ2v) is 22.1. The predicted octanol–water partition coefficient (Wildman–Crippen LogP) is 21.1. The molecule has 1 N–H and O–H groups in total. The van der Waals surface area contributed by atoms with Crippen molar-refractivity contribution in [3.05, 3.63) is 0 Å². The van der Waals surface area contributed by atoms with Crippen molar-refractivity contribution in [2.24, 2.45) is 0 Å². The molecule has 0 heterocycles. The van der Waals surface area contributed by atoms with E-state index in [-0.39, 0.29) is 12.3 Å². The van der Waals surface area contributed by atoms with Gasteiger partial charge in [-0.3, -0.25) is 9.59 Å². The molecule has 0 bridgehead atoms. The smallest absolute Gasteiger partial charge is 0.329 e. The highest BCUT2D eigenvalue weighted by atomic mass is 16.5. The fourth-order valence-electron chi connectivity index (χ4n) is 10.2. The molecule has 0 spiro atoms. The minimum absolute atomic E-state index is 0.165. The Balaban J connectivity index is 4.24. The molecule has 0 aliphatic heterocycles. The van der Waals surface area contributed by atoms with Gasteiger partial charge in [0.2, 0.25) is 5.91 Å². The van der Waals surface area contributed by atoms with Crippen LogP contribution in [0.15, 0.2) is 0 Å². The number of nitrogens with one attached hydrogen (secondary N) is 1. The van der Waals surface area contributed by atoms with Gasteiger partial charge in [-0.05, 0) is 19.3 Å². The SMILES string of the molecule is CCCCCCCCCCCCCCCCCCCCCCOC(=O)C[C@H](NC(=O)CCCCCCCCCCCCCCC)C(=O)OCCCCCCCCCCCCCCCCCCCCCC. The highest BCUT2D eigenvalue weighted by Crippen LogP contribution is 2.18. The average Bonchev–Trinajstić information content (AvgIpc) is 3.36. The minimum Gasteiger partial charge on any atom is -0.466 e. The maximum atomic E-state index is 13.2. The van der Waals surface area contributed by atoms with Gasteiger partial charge in [0.15, 0.2) is 0 Å². The Morgan fingerprint density at radius 3 is 0.757 bits per heavy atom. The molecule has 0 rings (SSSR count). The van der Waals surface area contributed by atoms with Crippen molar-refractivity contribution in [2.45, 2.75) is 380 Å². The molecule has 0 fully saturated rings. The summed E-state index contributed by atoms with van der Waals surface area (Å²) in [6.45, 7) is 7.55. The summed E-state index contributed by atoms with van der Waals surface area (Å²) in [5.74, 6) is -1.11. The summed E-state index contributed by atoms with van der Waals surface area (Å²) < 4.78 is 11.2. The van der Waals surface area contributed by atoms with Crippen LogP contribution in [0.1, 0.15) is 374 Å². The Morgan fingerprint density at radius 1 is 0.286 bits per heavy atom. The molecular weight excluding hydrogens is 863 g/mol. The topological polar surface area (TPSA) is 81.7 Å². The molecule has 1 amide bonds. The van der Waals surface area contributed by atoms with Crippen molar-refractivity contribution < 1.29 is 23.9 Å². The Morgan fingerprint density at radius 2 is 0.500 bits per heavy atom. The van der Waals surface area contributed by atoms with E-state index in [0.29, 0.717) is 19.6 Å². The zero-order valence-electron chi connectivity index (χ0n) is 47.9. The zero-order chi connectivity index (χ0) is 50.7. The molecule has 6 nitrogen and oxygen atoms in total. The lowest BCUT2D eigenvalue weighted by Gasteiger charge is -2.17. The number of unbranched alkanes of at least 4 members (excludes halogenated alkanes) is 50. The number of rotatable bonds is 60. The quantitative estimate of drug-likeness (QED) is 0.0485. The first-order valence-corrected chi connectivity index (χ1v) is 32.2. The molecule has 0 saturated heterocycles. The Bertz CT molecular complexity index is 1050. The van der Waals surface area contributed by atoms with E-state index in [1.807, 2.05) is 0 Å². The van der Waals surface area contributed by atoms with Gasteiger partial charge < -0.3 is 14.8 Å². The predicted molar refractivity (Wildman–Crippen MR) is 305 cm³/mol. The van der Waals surface area contributed by atoms with E-state index in [1.165, 1.54) is 289 Å². The van der Waals surface area contributed by atoms with Crippen LogP contribution < -0.4 is 5.32 Å². The third-order valence-electron chi connectivity index (χ3n) is 15.0. The van der Waals surface area contributed by atoms with Crippen LogP contribution >= 0.6 is 0 Å². The maximum Gasteiger partial charge on any atom is 0.329 e. The molecule has 0 unspecified atom stereocenters. The van der Waals surface area contributed by atoms with E-state index in [1.54, 1.807) is 0 Å². The number of carbonyl (C=O) groups excluding carboxylic acids is 3. The fraction of sp³-hybridized carbons (Fsp3) is 0.953. The first-order chi connectivity index (χ1) is 34.5. The van der Waals surface area contributed by atoms with Gasteiger partial charge in [-0.15, -0.1) is 0 Å². The molecular formula is C64H125NO5. The molecule has 0 aromatic heterocycles. The Hall–Kier alpha value is -1.59. The highest BCUT2D eigenvalue weighted by molar-refractivity contribution is 5.88. The average molecular weight is 989 g/mol. The fourth-order valence-corrected chi connectivity index (χ4v) is 10.2. The number of amides is 1. The second kappa shape index (κ2) is 60.0. The summed E-state index contributed by atoms with van der Waals surface area (Å²) in [6, 6.07) is -0.984. The lowest BCUT2D eigenvalue weighted by Crippen LogP contribution is -2.43. The number of ether oxygens (including phenoxy) is 2. The van der Waals surface area contributed by atoms with Crippen LogP contribution in [-0.2, 0) is 23.9 Å². The largest absolute Gasteiger partial charge is 0.466 e. The van der Waals surface area contributed by atoms with Gasteiger partial charge in [-0.1, -0.05) is 342 Å². The van der Waals surface area contributed by atoms with Gasteiger partial charge >= 0.3 is 11.9 Å². The highest BCUT2D eigenvalue weighted by Gasteiger charge is 2.26. The lowest BCUT2D eigenvalue weighted by molar-refractivity contribution is -0.154. The zero-order valence-corrected chi connectivity index (χ0v) is 47.9. The molecule has 0 aliphatic carbocycles. The van der Waals surface area contributed by atoms with Crippen LogP contribution in [0.2, 0.25) is 0 Å². The number of hydrogen-bond donors (Lipinski definition) is 1. The number of esters is 2. The summed E-state index contributed by atoms with van der Waals surface area (Å²) in [7, 11) is 0. The maximum absolute atomic E-state index is 13.2. The van der Waals surface area contributed by atoms with Crippen molar-refractivity contribution in [2.75, 3.05) is 13.2 Å². The third-order valence-corrected chi connectivity index (χ3v) is 15.0. The molecule has 0 radical (unpaired) electrons. The van der Waals surface area contributed by atoms with E-state index >= 15 is 0 Å². The van der Waals surface area contributed by atoms with Gasteiger partial charge in [0.25, 0.3) is 0 Å². The summed E-state index contributed by atoms with van der Waals surface area (Å²) in [5.41, 5.74) is 0. The first-order valence-electron chi connectivity index (χ1n) is 32.2. The molecule has 6 heteroatoms. The van der Waals surface area contributed by atoms with Crippen LogP contribution in [0.4, 0.5) is 0 Å². The molecule has 416 valence electrons. The summed E-state index contributed by atoms with van der Waals surface area (Å²) in [4.78, 5) is 39.1. The van der Waals surface area contributed by atoms with Gasteiger partial charge in [-0.2, -0.15) is 0 Å². The van der Waals surface area contributed by atoms with Crippen molar-refractivity contribution >= 4 is 17.8 Å². The number of hydrogen-bond acceptors (Lipinski definition) is 5. The number of carbonyl (C=O) groups is 3. The molecule has 1 atom stereocenters. The standard InChI is InChI=1S/C64H125NO5/c1-4-7-10-13-16-19-22-25-27-29-31-33-35-37-40-43-46-49-52-55-58-69-63(67)60-61(65-62(66)57-54-51-48-45-42-39-24-21-18-15-12-9-6-3)64(68)70-59-56-53-50-47-44-41-38-36-34-32-30-28-26-23-20-17-14-11-8-5-2/h61H,4-60H2,1-3H3,(H,65,66)/t61-/m0/s1. The third kappa shape index (κ3) is 55.7. The lowest BCUT2D eigenvalue weighted by atomic mass is 10.0. The molecule has 0 aliphatic rings. The van der Waals surface area contributed by atoms with Gasteiger partial charge in [-0.25, -0.2) is 4.79 Å². The second-order valence-electron chi connectivity index (χ2n) is 22.1. The molecule has 0 saturated carbocycles. The van der Waals surface area contributed by atoms with Crippen LogP contribution in [0.3, 0.4) is 0 Å². The molecule has 70 heavy (non-hydrogen) atoms. The van der Waals surface area contributed by atoms with Crippen molar-refractivity contribution in [3.63, 3.8) is 0 Å². The van der Waals surface area contributed by atoms with Crippen LogP contribution in [0.25, 0.3) is 0 Å². The summed E-state index contributed by atoms with van der Waals surface area (Å²) in [6.07, 6.45) is 69.7. The van der Waals surface area contributed by atoms with Gasteiger partial charge in [0.05, 0.1) is 19.6 Å². The summed E-state index contributed by atoms with van der Waals surface area (Å²) in [5, 5.41) is 2.86. The van der Waals surface area contributed by atoms with E-state index in [9.17, 15) is 14.4 Å². The molecule has 0 aromatic rings. The van der Waals surface area contributed by atoms with Crippen LogP contribution in [0, 0.1) is 0 Å². The van der Waals surface area contributed by atoms with E-state index in [2.05, 4.69) is 26.1 Å². The van der Waals surface area contributed by atoms with Gasteiger partial charge in [0.1, 0.15) is 6.04 Å². The minimum atomic E-state index is -0.984. The van der Waals surface area contributed by atoms with E-state index in [4.69, 9.17) is 9.47 Å². The Labute approximate surface area is 438 Å². The van der Waals surface area contributed by atoms with Crippen LogP contribution in [0.5, 0.6) is 0 Å². The van der Waals surface area contributed by atoms with Crippen molar-refractivity contribution in [1.82, 2.24) is 5.32 Å². The van der Waals surface area contributed by atoms with Gasteiger partial charge in [0, 0.05) is 6.42 Å². The van der Waals surface area contributed by atoms with Crippen molar-refractivity contribution in [1.29, 1.82) is 0 Å². The normalized spacial score (nSPS) is 11.9. The monoisotopic (exact) mass is 988 g/mol.